The lowest BCUT2D eigenvalue weighted by molar-refractivity contribution is 0.0342. The van der Waals surface area contributed by atoms with Gasteiger partial charge in [0.05, 0.1) is 19.8 Å². The number of hydrogen-bond donors (Lipinski definition) is 1. The summed E-state index contributed by atoms with van der Waals surface area (Å²) in [6.07, 6.45) is 0. The number of benzene rings is 1. The smallest absolute Gasteiger partial charge is 0.0661 e. The fraction of sp³-hybridized carbons (Fsp3) is 0.600. The van der Waals surface area contributed by atoms with Crippen LogP contribution >= 0.6 is 0 Å². The highest BCUT2D eigenvalue weighted by molar-refractivity contribution is 5.45. The number of ether oxygens (including phenoxy) is 2. The Hall–Kier alpha value is -1.10. The molecule has 1 unspecified atom stereocenters. The number of anilines is 1. The average Bonchev–Trinajstić information content (AvgIpc) is 2.42. The molecule has 4 nitrogen and oxygen atoms in total. The predicted octanol–water partition coefficient (Wildman–Crippen LogP) is 1.97. The molecule has 106 valence electrons. The summed E-state index contributed by atoms with van der Waals surface area (Å²) in [5.41, 5.74) is 2.50. The first-order valence-electron chi connectivity index (χ1n) is 6.92. The highest BCUT2D eigenvalue weighted by Gasteiger charge is 2.10. The maximum absolute atomic E-state index is 5.36. The maximum atomic E-state index is 5.36. The van der Waals surface area contributed by atoms with Crippen LogP contribution in [0.5, 0.6) is 0 Å². The molecule has 0 bridgehead atoms. The van der Waals surface area contributed by atoms with Crippen LogP contribution in [0.3, 0.4) is 0 Å². The lowest BCUT2D eigenvalue weighted by Crippen LogP contribution is -2.35. The third-order valence-electron chi connectivity index (χ3n) is 3.29. The van der Waals surface area contributed by atoms with E-state index in [-0.39, 0.29) is 0 Å². The van der Waals surface area contributed by atoms with Gasteiger partial charge in [-0.25, -0.2) is 0 Å². The van der Waals surface area contributed by atoms with E-state index < -0.39 is 0 Å². The standard InChI is InChI=1S/C15H24N2O2/c1-13(12-18-2)16-15-5-3-14(4-6-15)11-17-7-9-19-10-8-17/h3-6,13,16H,7-12H2,1-2H3. The van der Waals surface area contributed by atoms with E-state index in [9.17, 15) is 0 Å². The molecule has 4 heteroatoms. The molecule has 1 fully saturated rings. The van der Waals surface area contributed by atoms with Crippen LogP contribution in [0.2, 0.25) is 0 Å². The molecule has 1 aromatic carbocycles. The van der Waals surface area contributed by atoms with Crippen molar-refractivity contribution in [2.45, 2.75) is 19.5 Å². The summed E-state index contributed by atoms with van der Waals surface area (Å²) in [4.78, 5) is 2.43. The van der Waals surface area contributed by atoms with Gasteiger partial charge in [-0.2, -0.15) is 0 Å². The van der Waals surface area contributed by atoms with Gasteiger partial charge in [0.1, 0.15) is 0 Å². The minimum absolute atomic E-state index is 0.329. The van der Waals surface area contributed by atoms with Gasteiger partial charge in [-0.1, -0.05) is 12.1 Å². The third kappa shape index (κ3) is 4.82. The molecule has 1 heterocycles. The van der Waals surface area contributed by atoms with Gasteiger partial charge < -0.3 is 14.8 Å². The van der Waals surface area contributed by atoms with E-state index in [0.717, 1.165) is 45.1 Å². The molecule has 0 amide bonds. The van der Waals surface area contributed by atoms with E-state index in [2.05, 4.69) is 41.4 Å². The summed E-state index contributed by atoms with van der Waals surface area (Å²) in [5.74, 6) is 0. The van der Waals surface area contributed by atoms with Crippen LogP contribution in [0.25, 0.3) is 0 Å². The Bertz CT molecular complexity index is 361. The molecule has 1 aromatic rings. The van der Waals surface area contributed by atoms with Crippen LogP contribution in [0.4, 0.5) is 5.69 Å². The number of rotatable bonds is 6. The van der Waals surface area contributed by atoms with Crippen LogP contribution in [0, 0.1) is 0 Å². The van der Waals surface area contributed by atoms with Gasteiger partial charge in [-0.3, -0.25) is 4.90 Å². The average molecular weight is 264 g/mol. The summed E-state index contributed by atoms with van der Waals surface area (Å²) >= 11 is 0. The van der Waals surface area contributed by atoms with E-state index in [1.807, 2.05) is 0 Å². The second-order valence-corrected chi connectivity index (χ2v) is 5.09. The molecular weight excluding hydrogens is 240 g/mol. The molecule has 1 atom stereocenters. The minimum Gasteiger partial charge on any atom is -0.383 e. The Morgan fingerprint density at radius 2 is 1.95 bits per heavy atom. The van der Waals surface area contributed by atoms with Crippen molar-refractivity contribution in [1.82, 2.24) is 4.90 Å². The van der Waals surface area contributed by atoms with Crippen molar-refractivity contribution in [3.63, 3.8) is 0 Å². The number of methoxy groups -OCH3 is 1. The zero-order valence-corrected chi connectivity index (χ0v) is 11.9. The zero-order chi connectivity index (χ0) is 13.5. The van der Waals surface area contributed by atoms with E-state index in [0.29, 0.717) is 6.04 Å². The Kier molecular flexibility index (Phi) is 5.63. The lowest BCUT2D eigenvalue weighted by atomic mass is 10.2. The molecule has 1 saturated heterocycles. The summed E-state index contributed by atoms with van der Waals surface area (Å²) in [6.45, 7) is 7.62. The highest BCUT2D eigenvalue weighted by atomic mass is 16.5. The quantitative estimate of drug-likeness (QED) is 0.851. The molecule has 0 aromatic heterocycles. The summed E-state index contributed by atoms with van der Waals surface area (Å²) < 4.78 is 10.5. The largest absolute Gasteiger partial charge is 0.383 e. The molecule has 1 aliphatic heterocycles. The molecular formula is C15H24N2O2. The third-order valence-corrected chi connectivity index (χ3v) is 3.29. The molecule has 19 heavy (non-hydrogen) atoms. The van der Waals surface area contributed by atoms with E-state index in [4.69, 9.17) is 9.47 Å². The molecule has 1 N–H and O–H groups in total. The first-order valence-corrected chi connectivity index (χ1v) is 6.92. The van der Waals surface area contributed by atoms with Gasteiger partial charge in [-0.15, -0.1) is 0 Å². The normalized spacial score (nSPS) is 18.2. The van der Waals surface area contributed by atoms with E-state index in [1.165, 1.54) is 5.56 Å². The molecule has 0 saturated carbocycles. The molecule has 1 aliphatic rings. The fourth-order valence-corrected chi connectivity index (χ4v) is 2.30. The summed E-state index contributed by atoms with van der Waals surface area (Å²) in [5, 5.41) is 3.42. The minimum atomic E-state index is 0.329. The Labute approximate surface area is 115 Å². The topological polar surface area (TPSA) is 33.7 Å². The molecule has 2 rings (SSSR count). The monoisotopic (exact) mass is 264 g/mol. The second-order valence-electron chi connectivity index (χ2n) is 5.09. The van der Waals surface area contributed by atoms with Crippen LogP contribution in [-0.2, 0) is 16.0 Å². The van der Waals surface area contributed by atoms with Crippen molar-refractivity contribution < 1.29 is 9.47 Å². The van der Waals surface area contributed by atoms with E-state index in [1.54, 1.807) is 7.11 Å². The first kappa shape index (κ1) is 14.3. The van der Waals surface area contributed by atoms with Gasteiger partial charge in [0.15, 0.2) is 0 Å². The van der Waals surface area contributed by atoms with Gasteiger partial charge in [0, 0.05) is 38.5 Å². The molecule has 0 spiro atoms. The molecule has 0 aliphatic carbocycles. The number of nitrogens with zero attached hydrogens (tertiary/aromatic N) is 1. The van der Waals surface area contributed by atoms with Crippen molar-refractivity contribution in [3.05, 3.63) is 29.8 Å². The molecule has 0 radical (unpaired) electrons. The van der Waals surface area contributed by atoms with Gasteiger partial charge in [0.2, 0.25) is 0 Å². The van der Waals surface area contributed by atoms with Crippen molar-refractivity contribution in [2.75, 3.05) is 45.3 Å². The van der Waals surface area contributed by atoms with Gasteiger partial charge >= 0.3 is 0 Å². The summed E-state index contributed by atoms with van der Waals surface area (Å²) in [7, 11) is 1.73. The predicted molar refractivity (Wildman–Crippen MR) is 77.5 cm³/mol. The Balaban J connectivity index is 1.83. The second kappa shape index (κ2) is 7.48. The van der Waals surface area contributed by atoms with E-state index >= 15 is 0 Å². The van der Waals surface area contributed by atoms with Crippen LogP contribution < -0.4 is 5.32 Å². The fourth-order valence-electron chi connectivity index (χ4n) is 2.30. The van der Waals surface area contributed by atoms with Crippen LogP contribution in [-0.4, -0.2) is 51.0 Å². The number of hydrogen-bond acceptors (Lipinski definition) is 4. The van der Waals surface area contributed by atoms with Gasteiger partial charge in [0.25, 0.3) is 0 Å². The summed E-state index contributed by atoms with van der Waals surface area (Å²) in [6, 6.07) is 8.99. The van der Waals surface area contributed by atoms with Crippen LogP contribution in [0.15, 0.2) is 24.3 Å². The Morgan fingerprint density at radius 3 is 2.58 bits per heavy atom. The Morgan fingerprint density at radius 1 is 1.26 bits per heavy atom. The van der Waals surface area contributed by atoms with Crippen molar-refractivity contribution >= 4 is 5.69 Å². The lowest BCUT2D eigenvalue weighted by Gasteiger charge is -2.26. The van der Waals surface area contributed by atoms with Crippen molar-refractivity contribution in [1.29, 1.82) is 0 Å². The first-order chi connectivity index (χ1) is 9.28. The van der Waals surface area contributed by atoms with Crippen molar-refractivity contribution in [3.8, 4) is 0 Å². The maximum Gasteiger partial charge on any atom is 0.0661 e. The highest BCUT2D eigenvalue weighted by Crippen LogP contribution is 2.13. The number of nitrogens with one attached hydrogen (secondary N) is 1. The van der Waals surface area contributed by atoms with Crippen LogP contribution in [0.1, 0.15) is 12.5 Å². The SMILES string of the molecule is COCC(C)Nc1ccc(CN2CCOCC2)cc1. The zero-order valence-electron chi connectivity index (χ0n) is 11.9. The van der Waals surface area contributed by atoms with Gasteiger partial charge in [-0.05, 0) is 24.6 Å². The number of morpholine rings is 1. The van der Waals surface area contributed by atoms with Crippen molar-refractivity contribution in [2.24, 2.45) is 0 Å².